The summed E-state index contributed by atoms with van der Waals surface area (Å²) in [6.07, 6.45) is 3.11. The Labute approximate surface area is 78.9 Å². The van der Waals surface area contributed by atoms with Crippen LogP contribution in [0.3, 0.4) is 0 Å². The summed E-state index contributed by atoms with van der Waals surface area (Å²) >= 11 is 2.21. The molecule has 3 nitrogen and oxygen atoms in total. The summed E-state index contributed by atoms with van der Waals surface area (Å²) in [6, 6.07) is 2.48. The fourth-order valence-corrected chi connectivity index (χ4v) is 1.66. The molecule has 2 rings (SSSR count). The van der Waals surface area contributed by atoms with Gasteiger partial charge < -0.3 is 4.74 Å². The highest BCUT2D eigenvalue weighted by atomic mass is 127. The smallest absolute Gasteiger partial charge is 0.123 e. The van der Waals surface area contributed by atoms with Gasteiger partial charge in [-0.05, 0) is 35.1 Å². The average molecular weight is 264 g/mol. The van der Waals surface area contributed by atoms with Gasteiger partial charge in [0.15, 0.2) is 0 Å². The number of ether oxygens (including phenoxy) is 1. The lowest BCUT2D eigenvalue weighted by atomic mass is 10.3. The molecule has 1 fully saturated rings. The summed E-state index contributed by atoms with van der Waals surface area (Å²) in [5.41, 5.74) is 0. The Morgan fingerprint density at radius 1 is 1.73 bits per heavy atom. The molecule has 0 N–H and O–H groups in total. The molecular weight excluding hydrogens is 255 g/mol. The minimum absolute atomic E-state index is 0.471. The van der Waals surface area contributed by atoms with Crippen molar-refractivity contribution in [3.05, 3.63) is 16.0 Å². The van der Waals surface area contributed by atoms with Crippen LogP contribution in [0.5, 0.6) is 0 Å². The lowest BCUT2D eigenvalue weighted by Gasteiger charge is -2.06. The SMILES string of the molecule is Ic1ccn(C2CCOC2)n1. The first-order chi connectivity index (χ1) is 5.36. The van der Waals surface area contributed by atoms with Crippen LogP contribution in [0.25, 0.3) is 0 Å². The van der Waals surface area contributed by atoms with Crippen molar-refractivity contribution >= 4 is 22.6 Å². The molecule has 1 atom stereocenters. The van der Waals surface area contributed by atoms with Gasteiger partial charge in [-0.2, -0.15) is 5.10 Å². The molecule has 1 unspecified atom stereocenters. The third-order valence-corrected chi connectivity index (χ3v) is 2.43. The van der Waals surface area contributed by atoms with E-state index in [1.165, 1.54) is 0 Å². The molecule has 0 bridgehead atoms. The number of hydrogen-bond acceptors (Lipinski definition) is 2. The number of aromatic nitrogens is 2. The first kappa shape index (κ1) is 7.54. The Kier molecular flexibility index (Phi) is 2.13. The second-order valence-electron chi connectivity index (χ2n) is 2.64. The molecule has 0 radical (unpaired) electrons. The van der Waals surface area contributed by atoms with E-state index in [1.807, 2.05) is 16.9 Å². The van der Waals surface area contributed by atoms with E-state index >= 15 is 0 Å². The van der Waals surface area contributed by atoms with E-state index in [2.05, 4.69) is 27.7 Å². The first-order valence-corrected chi connectivity index (χ1v) is 4.72. The van der Waals surface area contributed by atoms with Crippen LogP contribution in [0.15, 0.2) is 12.3 Å². The summed E-state index contributed by atoms with van der Waals surface area (Å²) in [7, 11) is 0. The van der Waals surface area contributed by atoms with Crippen molar-refractivity contribution in [3.63, 3.8) is 0 Å². The Balaban J connectivity index is 2.15. The molecule has 0 amide bonds. The molecule has 1 saturated heterocycles. The number of halogens is 1. The van der Waals surface area contributed by atoms with Crippen molar-refractivity contribution in [2.24, 2.45) is 0 Å². The van der Waals surface area contributed by atoms with E-state index in [0.717, 1.165) is 23.3 Å². The second-order valence-corrected chi connectivity index (χ2v) is 3.74. The van der Waals surface area contributed by atoms with E-state index in [0.29, 0.717) is 6.04 Å². The topological polar surface area (TPSA) is 27.1 Å². The first-order valence-electron chi connectivity index (χ1n) is 3.64. The van der Waals surface area contributed by atoms with Crippen molar-refractivity contribution in [3.8, 4) is 0 Å². The number of nitrogens with zero attached hydrogens (tertiary/aromatic N) is 2. The molecule has 60 valence electrons. The van der Waals surface area contributed by atoms with Gasteiger partial charge >= 0.3 is 0 Å². The van der Waals surface area contributed by atoms with Crippen LogP contribution < -0.4 is 0 Å². The van der Waals surface area contributed by atoms with Crippen LogP contribution in [0, 0.1) is 3.70 Å². The standard InChI is InChI=1S/C7H9IN2O/c8-7-1-3-10(9-7)6-2-4-11-5-6/h1,3,6H,2,4-5H2. The fraction of sp³-hybridized carbons (Fsp3) is 0.571. The zero-order valence-electron chi connectivity index (χ0n) is 6.03. The summed E-state index contributed by atoms with van der Waals surface area (Å²) in [5.74, 6) is 0. The van der Waals surface area contributed by atoms with Gasteiger partial charge in [-0.15, -0.1) is 0 Å². The zero-order valence-corrected chi connectivity index (χ0v) is 8.19. The van der Waals surface area contributed by atoms with Crippen LogP contribution in [0.1, 0.15) is 12.5 Å². The number of rotatable bonds is 1. The van der Waals surface area contributed by atoms with E-state index in [-0.39, 0.29) is 0 Å². The molecule has 1 aromatic heterocycles. The van der Waals surface area contributed by atoms with Gasteiger partial charge in [-0.25, -0.2) is 0 Å². The van der Waals surface area contributed by atoms with Gasteiger partial charge in [0.1, 0.15) is 3.70 Å². The lowest BCUT2D eigenvalue weighted by molar-refractivity contribution is 0.184. The Morgan fingerprint density at radius 2 is 2.64 bits per heavy atom. The largest absolute Gasteiger partial charge is 0.379 e. The summed E-state index contributed by atoms with van der Waals surface area (Å²) in [6.45, 7) is 1.69. The normalized spacial score (nSPS) is 24.3. The Bertz CT molecular complexity index is 242. The van der Waals surface area contributed by atoms with Crippen LogP contribution >= 0.6 is 22.6 Å². The molecule has 4 heteroatoms. The summed E-state index contributed by atoms with van der Waals surface area (Å²) in [5, 5.41) is 4.32. The molecule has 11 heavy (non-hydrogen) atoms. The highest BCUT2D eigenvalue weighted by molar-refractivity contribution is 14.1. The van der Waals surface area contributed by atoms with Crippen LogP contribution in [0.4, 0.5) is 0 Å². The zero-order chi connectivity index (χ0) is 7.68. The van der Waals surface area contributed by atoms with Gasteiger partial charge in [0.05, 0.1) is 12.6 Å². The van der Waals surface area contributed by atoms with Gasteiger partial charge in [-0.3, -0.25) is 4.68 Å². The third-order valence-electron chi connectivity index (χ3n) is 1.86. The van der Waals surface area contributed by atoms with Crippen molar-refractivity contribution < 1.29 is 4.74 Å². The van der Waals surface area contributed by atoms with E-state index in [9.17, 15) is 0 Å². The minimum atomic E-state index is 0.471. The molecule has 1 aliphatic heterocycles. The quantitative estimate of drug-likeness (QED) is 0.718. The van der Waals surface area contributed by atoms with Crippen molar-refractivity contribution in [2.45, 2.75) is 12.5 Å². The molecule has 0 saturated carbocycles. The Morgan fingerprint density at radius 3 is 3.18 bits per heavy atom. The summed E-state index contributed by atoms with van der Waals surface area (Å²) in [4.78, 5) is 0. The molecular formula is C7H9IN2O. The Hall–Kier alpha value is -0.100. The molecule has 0 spiro atoms. The highest BCUT2D eigenvalue weighted by Crippen LogP contribution is 2.17. The molecule has 0 aromatic carbocycles. The minimum Gasteiger partial charge on any atom is -0.379 e. The predicted octanol–water partition coefficient (Wildman–Crippen LogP) is 1.45. The van der Waals surface area contributed by atoms with Gasteiger partial charge in [-0.1, -0.05) is 0 Å². The molecule has 1 aliphatic rings. The van der Waals surface area contributed by atoms with Gasteiger partial charge in [0.25, 0.3) is 0 Å². The maximum atomic E-state index is 5.26. The maximum Gasteiger partial charge on any atom is 0.123 e. The molecule has 1 aromatic rings. The van der Waals surface area contributed by atoms with E-state index in [1.54, 1.807) is 0 Å². The maximum absolute atomic E-state index is 5.26. The second kappa shape index (κ2) is 3.10. The highest BCUT2D eigenvalue weighted by Gasteiger charge is 2.17. The van der Waals surface area contributed by atoms with Crippen LogP contribution in [0.2, 0.25) is 0 Å². The number of hydrogen-bond donors (Lipinski definition) is 0. The van der Waals surface area contributed by atoms with Crippen molar-refractivity contribution in [1.82, 2.24) is 9.78 Å². The van der Waals surface area contributed by atoms with Crippen LogP contribution in [-0.2, 0) is 4.74 Å². The molecule has 0 aliphatic carbocycles. The van der Waals surface area contributed by atoms with Crippen molar-refractivity contribution in [2.75, 3.05) is 13.2 Å². The predicted molar refractivity (Wildman–Crippen MR) is 49.4 cm³/mol. The average Bonchev–Trinajstić information content (AvgIpc) is 2.55. The summed E-state index contributed by atoms with van der Waals surface area (Å²) < 4.78 is 8.30. The van der Waals surface area contributed by atoms with E-state index in [4.69, 9.17) is 4.74 Å². The van der Waals surface area contributed by atoms with Gasteiger partial charge in [0.2, 0.25) is 0 Å². The third kappa shape index (κ3) is 1.56. The van der Waals surface area contributed by atoms with Crippen LogP contribution in [-0.4, -0.2) is 23.0 Å². The van der Waals surface area contributed by atoms with E-state index < -0.39 is 0 Å². The van der Waals surface area contributed by atoms with Crippen molar-refractivity contribution in [1.29, 1.82) is 0 Å². The monoisotopic (exact) mass is 264 g/mol. The molecule has 2 heterocycles. The lowest BCUT2D eigenvalue weighted by Crippen LogP contribution is -2.08. The van der Waals surface area contributed by atoms with Gasteiger partial charge in [0, 0.05) is 12.8 Å². The fourth-order valence-electron chi connectivity index (χ4n) is 1.25.